The number of nitrogens with zero attached hydrogens (tertiary/aromatic N) is 3. The Morgan fingerprint density at radius 2 is 1.96 bits per heavy atom. The summed E-state index contributed by atoms with van der Waals surface area (Å²) in [7, 11) is 0. The number of amides is 1. The molecule has 0 N–H and O–H groups in total. The summed E-state index contributed by atoms with van der Waals surface area (Å²) in [4.78, 5) is 19.0. The van der Waals surface area contributed by atoms with Crippen LogP contribution in [0, 0.1) is 11.3 Å². The fourth-order valence-corrected chi connectivity index (χ4v) is 3.47. The summed E-state index contributed by atoms with van der Waals surface area (Å²) in [5, 5.41) is 9.50. The van der Waals surface area contributed by atoms with Crippen LogP contribution >= 0.6 is 11.6 Å². The van der Waals surface area contributed by atoms with E-state index in [2.05, 4.69) is 11.1 Å². The number of aromatic nitrogens is 1. The second-order valence-corrected chi connectivity index (χ2v) is 6.53. The van der Waals surface area contributed by atoms with Crippen molar-refractivity contribution in [3.05, 3.63) is 82.6 Å². The maximum absolute atomic E-state index is 12.9. The van der Waals surface area contributed by atoms with Crippen molar-refractivity contribution in [1.82, 2.24) is 4.98 Å². The van der Waals surface area contributed by atoms with Crippen molar-refractivity contribution < 1.29 is 4.79 Å². The number of anilines is 1. The highest BCUT2D eigenvalue weighted by atomic mass is 35.5. The highest BCUT2D eigenvalue weighted by Crippen LogP contribution is 2.36. The van der Waals surface area contributed by atoms with Crippen molar-refractivity contribution in [3.63, 3.8) is 0 Å². The van der Waals surface area contributed by atoms with Crippen molar-refractivity contribution in [1.29, 1.82) is 5.26 Å². The largest absolute Gasteiger partial charge is 0.306 e. The fraction of sp³-hybridized carbons (Fsp3) is 0.0952. The van der Waals surface area contributed by atoms with Crippen LogP contribution in [0.4, 0.5) is 5.69 Å². The number of carbonyl (C=O) groups excluding carboxylic acids is 1. The molecule has 2 heterocycles. The van der Waals surface area contributed by atoms with Crippen molar-refractivity contribution in [2.24, 2.45) is 0 Å². The van der Waals surface area contributed by atoms with E-state index in [1.807, 2.05) is 18.3 Å². The second kappa shape index (κ2) is 6.62. The first-order chi connectivity index (χ1) is 12.7. The van der Waals surface area contributed by atoms with Gasteiger partial charge in [-0.1, -0.05) is 29.8 Å². The first-order valence-corrected chi connectivity index (χ1v) is 8.60. The van der Waals surface area contributed by atoms with Gasteiger partial charge in [-0.2, -0.15) is 5.26 Å². The number of fused-ring (bicyclic) bond motifs is 1. The molecule has 0 radical (unpaired) electrons. The topological polar surface area (TPSA) is 57.0 Å². The van der Waals surface area contributed by atoms with E-state index in [4.69, 9.17) is 16.9 Å². The molecule has 2 aromatic carbocycles. The molecule has 0 unspecified atom stereocenters. The predicted molar refractivity (Wildman–Crippen MR) is 101 cm³/mol. The van der Waals surface area contributed by atoms with Crippen molar-refractivity contribution in [3.8, 4) is 17.2 Å². The quantitative estimate of drug-likeness (QED) is 0.678. The lowest BCUT2D eigenvalue weighted by Gasteiger charge is -2.17. The fourth-order valence-electron chi connectivity index (χ4n) is 3.28. The van der Waals surface area contributed by atoms with Crippen molar-refractivity contribution >= 4 is 23.2 Å². The molecule has 1 aliphatic heterocycles. The summed E-state index contributed by atoms with van der Waals surface area (Å²) < 4.78 is 0. The van der Waals surface area contributed by atoms with Gasteiger partial charge in [0.05, 0.1) is 23.5 Å². The molecule has 126 valence electrons. The summed E-state index contributed by atoms with van der Waals surface area (Å²) in [6, 6.07) is 16.5. The van der Waals surface area contributed by atoms with Gasteiger partial charge in [0.15, 0.2) is 0 Å². The van der Waals surface area contributed by atoms with Crippen LogP contribution in [-0.4, -0.2) is 17.4 Å². The Kier molecular flexibility index (Phi) is 4.16. The van der Waals surface area contributed by atoms with E-state index >= 15 is 0 Å². The number of halogens is 1. The minimum Gasteiger partial charge on any atom is -0.306 e. The highest BCUT2D eigenvalue weighted by Gasteiger charge is 2.28. The third-order valence-electron chi connectivity index (χ3n) is 4.55. The second-order valence-electron chi connectivity index (χ2n) is 6.09. The summed E-state index contributed by atoms with van der Waals surface area (Å²) in [5.41, 5.74) is 5.09. The van der Waals surface area contributed by atoms with Gasteiger partial charge in [0.2, 0.25) is 0 Å². The van der Waals surface area contributed by atoms with E-state index in [0.717, 1.165) is 28.8 Å². The zero-order valence-electron chi connectivity index (χ0n) is 13.8. The van der Waals surface area contributed by atoms with Crippen LogP contribution in [0.3, 0.4) is 0 Å². The van der Waals surface area contributed by atoms with Crippen LogP contribution in [0.1, 0.15) is 21.5 Å². The number of benzene rings is 2. The van der Waals surface area contributed by atoms with Crippen LogP contribution in [0.25, 0.3) is 11.1 Å². The SMILES string of the molecule is N#Cc1ccc(-c2cncc3c2CCN3C(=O)c2cccc(Cl)c2)cc1. The highest BCUT2D eigenvalue weighted by molar-refractivity contribution is 6.31. The van der Waals surface area contributed by atoms with Crippen LogP contribution in [0.15, 0.2) is 60.9 Å². The molecular weight excluding hydrogens is 346 g/mol. The molecule has 1 aromatic heterocycles. The van der Waals surface area contributed by atoms with Gasteiger partial charge >= 0.3 is 0 Å². The number of hydrogen-bond donors (Lipinski definition) is 0. The van der Waals surface area contributed by atoms with Crippen molar-refractivity contribution in [2.45, 2.75) is 6.42 Å². The number of carbonyl (C=O) groups is 1. The molecule has 3 aromatic rings. The maximum Gasteiger partial charge on any atom is 0.258 e. The summed E-state index contributed by atoms with van der Waals surface area (Å²) in [6.07, 6.45) is 4.31. The Balaban J connectivity index is 1.72. The molecule has 0 spiro atoms. The standard InChI is InChI=1S/C21H14ClN3O/c22-17-3-1-2-16(10-17)21(26)25-9-8-18-19(12-24-13-20(18)25)15-6-4-14(11-23)5-7-15/h1-7,10,12-13H,8-9H2. The van der Waals surface area contributed by atoms with Gasteiger partial charge in [-0.15, -0.1) is 0 Å². The van der Waals surface area contributed by atoms with E-state index in [1.54, 1.807) is 47.5 Å². The Morgan fingerprint density at radius 3 is 2.69 bits per heavy atom. The minimum absolute atomic E-state index is 0.0787. The van der Waals surface area contributed by atoms with Gasteiger partial charge in [-0.3, -0.25) is 9.78 Å². The lowest BCUT2D eigenvalue weighted by Crippen LogP contribution is -2.28. The van der Waals surface area contributed by atoms with Gasteiger partial charge in [-0.25, -0.2) is 0 Å². The van der Waals surface area contributed by atoms with Gasteiger partial charge in [-0.05, 0) is 47.9 Å². The van der Waals surface area contributed by atoms with E-state index in [0.29, 0.717) is 22.7 Å². The van der Waals surface area contributed by atoms with Gasteiger partial charge in [0, 0.05) is 28.9 Å². The molecular formula is C21H14ClN3O. The van der Waals surface area contributed by atoms with E-state index in [-0.39, 0.29) is 5.91 Å². The molecule has 4 rings (SSSR count). The minimum atomic E-state index is -0.0787. The normalized spacial score (nSPS) is 12.5. The molecule has 26 heavy (non-hydrogen) atoms. The molecule has 5 heteroatoms. The Hall–Kier alpha value is -3.16. The van der Waals surface area contributed by atoms with Crippen LogP contribution < -0.4 is 4.90 Å². The molecule has 0 aliphatic carbocycles. The van der Waals surface area contributed by atoms with E-state index in [9.17, 15) is 4.79 Å². The molecule has 0 bridgehead atoms. The average molecular weight is 360 g/mol. The zero-order valence-corrected chi connectivity index (χ0v) is 14.6. The van der Waals surface area contributed by atoms with Crippen LogP contribution in [0.2, 0.25) is 5.02 Å². The Bertz CT molecular complexity index is 1040. The van der Waals surface area contributed by atoms with Crippen LogP contribution in [0.5, 0.6) is 0 Å². The van der Waals surface area contributed by atoms with Gasteiger partial charge in [0.25, 0.3) is 5.91 Å². The molecule has 1 amide bonds. The van der Waals surface area contributed by atoms with Gasteiger partial charge in [0.1, 0.15) is 0 Å². The average Bonchev–Trinajstić information content (AvgIpc) is 3.11. The lowest BCUT2D eigenvalue weighted by molar-refractivity contribution is 0.0989. The van der Waals surface area contributed by atoms with E-state index < -0.39 is 0 Å². The molecule has 0 saturated carbocycles. The third kappa shape index (κ3) is 2.83. The van der Waals surface area contributed by atoms with Gasteiger partial charge < -0.3 is 4.90 Å². The third-order valence-corrected chi connectivity index (χ3v) is 4.79. The summed E-state index contributed by atoms with van der Waals surface area (Å²) in [5.74, 6) is -0.0787. The predicted octanol–water partition coefficient (Wildman–Crippen LogP) is 4.48. The molecule has 4 nitrogen and oxygen atoms in total. The molecule has 0 atom stereocenters. The zero-order chi connectivity index (χ0) is 18.1. The van der Waals surface area contributed by atoms with E-state index in [1.165, 1.54) is 0 Å². The Labute approximate surface area is 156 Å². The number of nitriles is 1. The van der Waals surface area contributed by atoms with Crippen LogP contribution in [-0.2, 0) is 6.42 Å². The van der Waals surface area contributed by atoms with Crippen molar-refractivity contribution in [2.75, 3.05) is 11.4 Å². The molecule has 0 fully saturated rings. The Morgan fingerprint density at radius 1 is 1.15 bits per heavy atom. The first kappa shape index (κ1) is 16.3. The summed E-state index contributed by atoms with van der Waals surface area (Å²) in [6.45, 7) is 0.607. The smallest absolute Gasteiger partial charge is 0.258 e. The summed E-state index contributed by atoms with van der Waals surface area (Å²) >= 11 is 6.02. The lowest BCUT2D eigenvalue weighted by atomic mass is 9.99. The molecule has 1 aliphatic rings. The number of rotatable bonds is 2. The monoisotopic (exact) mass is 359 g/mol. The molecule has 0 saturated heterocycles. The number of hydrogen-bond acceptors (Lipinski definition) is 3. The maximum atomic E-state index is 12.9. The first-order valence-electron chi connectivity index (χ1n) is 8.22. The number of pyridine rings is 1.